The van der Waals surface area contributed by atoms with Gasteiger partial charge in [0.1, 0.15) is 0 Å². The largest absolute Gasteiger partial charge is 0.353 e. The first-order valence-corrected chi connectivity index (χ1v) is 6.64. The summed E-state index contributed by atoms with van der Waals surface area (Å²) < 4.78 is 1.96. The average Bonchev–Trinajstić information content (AvgIpc) is 2.84. The van der Waals surface area contributed by atoms with Gasteiger partial charge in [0.05, 0.1) is 6.20 Å². The number of piperidine rings is 1. The van der Waals surface area contributed by atoms with Crippen LogP contribution in [0.15, 0.2) is 18.6 Å². The number of nitrogens with one attached hydrogen (secondary N) is 1. The predicted molar refractivity (Wildman–Crippen MR) is 76.0 cm³/mol. The third kappa shape index (κ3) is 2.23. The molecule has 1 aliphatic heterocycles. The highest BCUT2D eigenvalue weighted by Crippen LogP contribution is 2.32. The predicted octanol–water partition coefficient (Wildman–Crippen LogP) is 1.64. The Morgan fingerprint density at radius 2 is 2.26 bits per heavy atom. The van der Waals surface area contributed by atoms with Gasteiger partial charge in [-0.1, -0.05) is 13.8 Å². The Hall–Kier alpha value is -1.82. The fourth-order valence-corrected chi connectivity index (χ4v) is 2.80. The molecule has 1 fully saturated rings. The molecule has 0 saturated carbocycles. The summed E-state index contributed by atoms with van der Waals surface area (Å²) in [6.07, 6.45) is 7.98. The number of hydrogen-bond acceptors (Lipinski definition) is 5. The number of imidazole rings is 1. The number of nitrogens with two attached hydrogens (primary N) is 1. The molecule has 0 amide bonds. The molecule has 0 bridgehead atoms. The van der Waals surface area contributed by atoms with E-state index in [9.17, 15) is 0 Å². The van der Waals surface area contributed by atoms with Gasteiger partial charge in [-0.05, 0) is 18.3 Å². The van der Waals surface area contributed by atoms with Crippen molar-refractivity contribution in [2.75, 3.05) is 23.4 Å². The quantitative estimate of drug-likeness (QED) is 0.634. The molecule has 0 radical (unpaired) electrons. The molecule has 102 valence electrons. The smallest absolute Gasteiger partial charge is 0.180 e. The van der Waals surface area contributed by atoms with E-state index in [1.165, 1.54) is 12.8 Å². The lowest BCUT2D eigenvalue weighted by atomic mass is 9.84. The van der Waals surface area contributed by atoms with Crippen LogP contribution in [-0.4, -0.2) is 27.5 Å². The van der Waals surface area contributed by atoms with Crippen LogP contribution in [0, 0.1) is 5.41 Å². The molecule has 0 atom stereocenters. The van der Waals surface area contributed by atoms with E-state index < -0.39 is 0 Å². The maximum absolute atomic E-state index is 5.50. The lowest BCUT2D eigenvalue weighted by Crippen LogP contribution is -2.40. The fourth-order valence-electron chi connectivity index (χ4n) is 2.80. The van der Waals surface area contributed by atoms with Gasteiger partial charge in [0, 0.05) is 25.5 Å². The molecule has 6 nitrogen and oxygen atoms in total. The van der Waals surface area contributed by atoms with Gasteiger partial charge in [0.25, 0.3) is 0 Å². The number of anilines is 2. The zero-order valence-electron chi connectivity index (χ0n) is 11.4. The van der Waals surface area contributed by atoms with Crippen molar-refractivity contribution in [3.8, 4) is 0 Å². The highest BCUT2D eigenvalue weighted by molar-refractivity contribution is 5.67. The van der Waals surface area contributed by atoms with Crippen molar-refractivity contribution in [3.05, 3.63) is 18.6 Å². The van der Waals surface area contributed by atoms with Crippen molar-refractivity contribution in [2.45, 2.75) is 26.7 Å². The van der Waals surface area contributed by atoms with E-state index >= 15 is 0 Å². The van der Waals surface area contributed by atoms with Gasteiger partial charge in [-0.3, -0.25) is 0 Å². The first kappa shape index (κ1) is 12.2. The third-order valence-corrected chi connectivity index (χ3v) is 3.70. The maximum atomic E-state index is 5.50. The van der Waals surface area contributed by atoms with Crippen molar-refractivity contribution in [2.24, 2.45) is 11.3 Å². The van der Waals surface area contributed by atoms with Gasteiger partial charge in [0.15, 0.2) is 17.3 Å². The number of rotatable bonds is 2. The Morgan fingerprint density at radius 1 is 1.42 bits per heavy atom. The average molecular weight is 260 g/mol. The minimum absolute atomic E-state index is 0.315. The van der Waals surface area contributed by atoms with Gasteiger partial charge >= 0.3 is 0 Å². The van der Waals surface area contributed by atoms with Crippen molar-refractivity contribution in [1.82, 2.24) is 14.4 Å². The summed E-state index contributed by atoms with van der Waals surface area (Å²) in [5, 5.41) is 0. The van der Waals surface area contributed by atoms with Crippen LogP contribution in [0.2, 0.25) is 0 Å². The van der Waals surface area contributed by atoms with Crippen molar-refractivity contribution in [1.29, 1.82) is 0 Å². The topological polar surface area (TPSA) is 71.5 Å². The van der Waals surface area contributed by atoms with Gasteiger partial charge in [-0.2, -0.15) is 0 Å². The van der Waals surface area contributed by atoms with Gasteiger partial charge < -0.3 is 14.7 Å². The number of hydrazine groups is 1. The van der Waals surface area contributed by atoms with Crippen LogP contribution in [0.25, 0.3) is 5.65 Å². The lowest BCUT2D eigenvalue weighted by molar-refractivity contribution is 0.292. The second-order valence-corrected chi connectivity index (χ2v) is 5.94. The van der Waals surface area contributed by atoms with E-state index in [1.807, 2.05) is 16.8 Å². The Labute approximate surface area is 112 Å². The third-order valence-electron chi connectivity index (χ3n) is 3.70. The highest BCUT2D eigenvalue weighted by atomic mass is 15.3. The molecule has 2 aromatic rings. The molecule has 1 saturated heterocycles. The molecule has 3 rings (SSSR count). The minimum atomic E-state index is 0.315. The summed E-state index contributed by atoms with van der Waals surface area (Å²) in [6.45, 7) is 6.61. The summed E-state index contributed by atoms with van der Waals surface area (Å²) in [4.78, 5) is 11.3. The molecule has 0 aliphatic carbocycles. The van der Waals surface area contributed by atoms with Crippen molar-refractivity contribution < 1.29 is 0 Å². The number of aromatic nitrogens is 3. The Balaban J connectivity index is 2.05. The van der Waals surface area contributed by atoms with Crippen LogP contribution < -0.4 is 16.2 Å². The summed E-state index contributed by atoms with van der Waals surface area (Å²) in [5.41, 5.74) is 3.82. The van der Waals surface area contributed by atoms with Gasteiger partial charge in [0.2, 0.25) is 0 Å². The van der Waals surface area contributed by atoms with Crippen LogP contribution in [0.1, 0.15) is 26.7 Å². The van der Waals surface area contributed by atoms with Crippen LogP contribution in [0.4, 0.5) is 11.6 Å². The number of fused-ring (bicyclic) bond motifs is 1. The fraction of sp³-hybridized carbons (Fsp3) is 0.538. The van der Waals surface area contributed by atoms with Crippen LogP contribution >= 0.6 is 0 Å². The SMILES string of the molecule is CC1(C)CCCN(c2nc(NN)cn3ccnc23)C1. The zero-order chi connectivity index (χ0) is 13.5. The molecular weight excluding hydrogens is 240 g/mol. The minimum Gasteiger partial charge on any atom is -0.353 e. The molecule has 3 heterocycles. The molecule has 19 heavy (non-hydrogen) atoms. The van der Waals surface area contributed by atoms with E-state index in [2.05, 4.69) is 34.1 Å². The monoisotopic (exact) mass is 260 g/mol. The number of hydrogen-bond donors (Lipinski definition) is 2. The highest BCUT2D eigenvalue weighted by Gasteiger charge is 2.28. The molecule has 2 aromatic heterocycles. The first-order chi connectivity index (χ1) is 9.09. The van der Waals surface area contributed by atoms with Crippen LogP contribution in [0.3, 0.4) is 0 Å². The van der Waals surface area contributed by atoms with Crippen LogP contribution in [0.5, 0.6) is 0 Å². The summed E-state index contributed by atoms with van der Waals surface area (Å²) in [5.74, 6) is 7.06. The van der Waals surface area contributed by atoms with Crippen LogP contribution in [-0.2, 0) is 0 Å². The van der Waals surface area contributed by atoms with E-state index in [4.69, 9.17) is 5.84 Å². The van der Waals surface area contributed by atoms with Gasteiger partial charge in [-0.25, -0.2) is 15.8 Å². The molecule has 1 aliphatic rings. The number of nitrogen functional groups attached to an aromatic ring is 1. The molecule has 0 unspecified atom stereocenters. The summed E-state index contributed by atoms with van der Waals surface area (Å²) in [7, 11) is 0. The van der Waals surface area contributed by atoms with Crippen molar-refractivity contribution in [3.63, 3.8) is 0 Å². The van der Waals surface area contributed by atoms with E-state index in [-0.39, 0.29) is 0 Å². The second kappa shape index (κ2) is 4.38. The Bertz CT molecular complexity index is 588. The lowest BCUT2D eigenvalue weighted by Gasteiger charge is -2.38. The standard InChI is InChI=1S/C13H20N6/c1-13(2)4-3-6-19(9-13)12-11-15-5-7-18(11)8-10(16-12)17-14/h5,7-8,17H,3-4,6,9,14H2,1-2H3. The maximum Gasteiger partial charge on any atom is 0.180 e. The van der Waals surface area contributed by atoms with Crippen molar-refractivity contribution >= 4 is 17.3 Å². The molecule has 0 aromatic carbocycles. The van der Waals surface area contributed by atoms with E-state index in [1.54, 1.807) is 6.20 Å². The van der Waals surface area contributed by atoms with E-state index in [0.29, 0.717) is 11.2 Å². The molecule has 0 spiro atoms. The van der Waals surface area contributed by atoms with E-state index in [0.717, 1.165) is 24.6 Å². The molecule has 6 heteroatoms. The molecule has 3 N–H and O–H groups in total. The Kier molecular flexibility index (Phi) is 2.82. The second-order valence-electron chi connectivity index (χ2n) is 5.94. The Morgan fingerprint density at radius 3 is 3.00 bits per heavy atom. The summed E-state index contributed by atoms with van der Waals surface area (Å²) in [6, 6.07) is 0. The molecular formula is C13H20N6. The first-order valence-electron chi connectivity index (χ1n) is 6.64. The normalized spacial score (nSPS) is 18.8. The zero-order valence-corrected chi connectivity index (χ0v) is 11.4. The van der Waals surface area contributed by atoms with Gasteiger partial charge in [-0.15, -0.1) is 0 Å². The number of nitrogens with zero attached hydrogens (tertiary/aromatic N) is 4. The summed E-state index contributed by atoms with van der Waals surface area (Å²) >= 11 is 0.